The number of allylic oxidation sites excluding steroid dienone is 2. The SMILES string of the molecule is CC[C@H]1CCc2c(sc(NC(=O)[C@@H]3CC(C)=C(C)C[C@@H]3C(=O)O)c2C#N)C1. The lowest BCUT2D eigenvalue weighted by Crippen LogP contribution is -2.36. The van der Waals surface area contributed by atoms with E-state index in [1.807, 2.05) is 13.8 Å². The number of thiophene rings is 1. The summed E-state index contributed by atoms with van der Waals surface area (Å²) in [5, 5.41) is 22.7. The highest BCUT2D eigenvalue weighted by Gasteiger charge is 2.38. The van der Waals surface area contributed by atoms with Crippen LogP contribution in [0.2, 0.25) is 0 Å². The Morgan fingerprint density at radius 1 is 1.22 bits per heavy atom. The number of anilines is 1. The van der Waals surface area contributed by atoms with Gasteiger partial charge in [0.15, 0.2) is 0 Å². The Labute approximate surface area is 164 Å². The molecule has 0 spiro atoms. The number of rotatable bonds is 4. The van der Waals surface area contributed by atoms with Crippen molar-refractivity contribution in [3.63, 3.8) is 0 Å². The third kappa shape index (κ3) is 3.79. The van der Waals surface area contributed by atoms with Crippen molar-refractivity contribution in [3.8, 4) is 6.07 Å². The lowest BCUT2D eigenvalue weighted by molar-refractivity contribution is -0.146. The van der Waals surface area contributed by atoms with Gasteiger partial charge in [-0.2, -0.15) is 5.26 Å². The van der Waals surface area contributed by atoms with Gasteiger partial charge in [-0.15, -0.1) is 11.3 Å². The first kappa shape index (κ1) is 19.6. The number of fused-ring (bicyclic) bond motifs is 1. The predicted molar refractivity (Wildman–Crippen MR) is 106 cm³/mol. The maximum Gasteiger partial charge on any atom is 0.307 e. The fourth-order valence-corrected chi connectivity index (χ4v) is 5.56. The summed E-state index contributed by atoms with van der Waals surface area (Å²) >= 11 is 1.50. The average Bonchev–Trinajstić information content (AvgIpc) is 2.98. The average molecular weight is 387 g/mol. The first-order valence-electron chi connectivity index (χ1n) is 9.59. The molecule has 0 unspecified atom stereocenters. The minimum Gasteiger partial charge on any atom is -0.481 e. The molecule has 144 valence electrons. The Morgan fingerprint density at radius 3 is 2.48 bits per heavy atom. The summed E-state index contributed by atoms with van der Waals surface area (Å²) in [5.74, 6) is -1.88. The van der Waals surface area contributed by atoms with Crippen LogP contribution in [0.15, 0.2) is 11.1 Å². The fourth-order valence-electron chi connectivity index (χ4n) is 4.24. The third-order valence-corrected chi connectivity index (χ3v) is 7.38. The van der Waals surface area contributed by atoms with Crippen LogP contribution in [-0.2, 0) is 22.4 Å². The first-order chi connectivity index (χ1) is 12.8. The summed E-state index contributed by atoms with van der Waals surface area (Å²) in [6.07, 6.45) is 4.90. The van der Waals surface area contributed by atoms with Crippen LogP contribution in [0.3, 0.4) is 0 Å². The second kappa shape index (κ2) is 7.85. The zero-order valence-electron chi connectivity index (χ0n) is 16.1. The van der Waals surface area contributed by atoms with E-state index in [0.29, 0.717) is 29.3 Å². The standard InChI is InChI=1S/C21H26N2O3S/c1-4-13-5-6-14-17(10-22)20(27-18(14)9-13)23-19(24)15-7-11(2)12(3)8-16(15)21(25)26/h13,15-16H,4-9H2,1-3H3,(H,23,24)(H,25,26)/t13-,15+,16-/m0/s1. The van der Waals surface area contributed by atoms with Crippen LogP contribution in [0.4, 0.5) is 5.00 Å². The molecule has 6 heteroatoms. The maximum atomic E-state index is 12.9. The Kier molecular flexibility index (Phi) is 5.71. The number of nitrogens with zero attached hydrogens (tertiary/aromatic N) is 1. The van der Waals surface area contributed by atoms with Crippen LogP contribution < -0.4 is 5.32 Å². The normalized spacial score (nSPS) is 24.9. The van der Waals surface area contributed by atoms with E-state index in [0.717, 1.165) is 42.4 Å². The Morgan fingerprint density at radius 2 is 1.89 bits per heavy atom. The Hall–Kier alpha value is -2.13. The van der Waals surface area contributed by atoms with Gasteiger partial charge in [-0.05, 0) is 57.4 Å². The van der Waals surface area contributed by atoms with Gasteiger partial charge in [0, 0.05) is 4.88 Å². The van der Waals surface area contributed by atoms with Crippen LogP contribution in [0.25, 0.3) is 0 Å². The van der Waals surface area contributed by atoms with Crippen molar-refractivity contribution in [2.45, 2.75) is 59.3 Å². The maximum absolute atomic E-state index is 12.9. The zero-order chi connectivity index (χ0) is 19.7. The van der Waals surface area contributed by atoms with Gasteiger partial charge in [0.2, 0.25) is 5.91 Å². The number of carboxylic acid groups (broad SMARTS) is 1. The molecule has 1 amide bonds. The summed E-state index contributed by atoms with van der Waals surface area (Å²) in [7, 11) is 0. The van der Waals surface area contributed by atoms with E-state index in [2.05, 4.69) is 18.3 Å². The van der Waals surface area contributed by atoms with Gasteiger partial charge >= 0.3 is 5.97 Å². The highest BCUT2D eigenvalue weighted by Crippen LogP contribution is 2.41. The molecule has 0 saturated carbocycles. The summed E-state index contributed by atoms with van der Waals surface area (Å²) in [5.41, 5.74) is 3.79. The van der Waals surface area contributed by atoms with Crippen molar-refractivity contribution < 1.29 is 14.7 Å². The van der Waals surface area contributed by atoms with Crippen LogP contribution in [0.5, 0.6) is 0 Å². The Bertz CT molecular complexity index is 846. The molecule has 0 fully saturated rings. The molecule has 2 aliphatic carbocycles. The van der Waals surface area contributed by atoms with Crippen LogP contribution in [-0.4, -0.2) is 17.0 Å². The number of amides is 1. The molecule has 0 radical (unpaired) electrons. The number of aliphatic carboxylic acids is 1. The van der Waals surface area contributed by atoms with Crippen molar-refractivity contribution in [2.24, 2.45) is 17.8 Å². The largest absolute Gasteiger partial charge is 0.481 e. The number of carbonyl (C=O) groups is 2. The molecule has 2 aliphatic rings. The minimum atomic E-state index is -0.932. The van der Waals surface area contributed by atoms with Crippen molar-refractivity contribution >= 4 is 28.2 Å². The van der Waals surface area contributed by atoms with E-state index < -0.39 is 17.8 Å². The Balaban J connectivity index is 1.85. The molecule has 1 aromatic rings. The molecule has 0 saturated heterocycles. The van der Waals surface area contributed by atoms with E-state index >= 15 is 0 Å². The number of nitriles is 1. The summed E-state index contributed by atoms with van der Waals surface area (Å²) in [6, 6.07) is 2.26. The van der Waals surface area contributed by atoms with Crippen molar-refractivity contribution in [1.29, 1.82) is 5.26 Å². The third-order valence-electron chi connectivity index (χ3n) is 6.21. The van der Waals surface area contributed by atoms with Gasteiger partial charge in [0.1, 0.15) is 11.1 Å². The predicted octanol–water partition coefficient (Wildman–Crippen LogP) is 4.52. The second-order valence-electron chi connectivity index (χ2n) is 7.85. The highest BCUT2D eigenvalue weighted by atomic mass is 32.1. The molecule has 5 nitrogen and oxygen atoms in total. The van der Waals surface area contributed by atoms with Gasteiger partial charge in [0.05, 0.1) is 17.4 Å². The fraction of sp³-hybridized carbons (Fsp3) is 0.571. The summed E-state index contributed by atoms with van der Waals surface area (Å²) < 4.78 is 0. The van der Waals surface area contributed by atoms with Crippen molar-refractivity contribution in [1.82, 2.24) is 0 Å². The summed E-state index contributed by atoms with van der Waals surface area (Å²) in [4.78, 5) is 25.8. The number of carbonyl (C=O) groups excluding carboxylic acids is 1. The highest BCUT2D eigenvalue weighted by molar-refractivity contribution is 7.16. The van der Waals surface area contributed by atoms with Crippen LogP contribution in [0.1, 0.15) is 62.5 Å². The van der Waals surface area contributed by atoms with E-state index in [9.17, 15) is 20.0 Å². The second-order valence-corrected chi connectivity index (χ2v) is 8.95. The monoisotopic (exact) mass is 386 g/mol. The molecule has 3 rings (SSSR count). The van der Waals surface area contributed by atoms with Crippen molar-refractivity contribution in [2.75, 3.05) is 5.32 Å². The molecule has 0 aromatic carbocycles. The zero-order valence-corrected chi connectivity index (χ0v) is 16.9. The lowest BCUT2D eigenvalue weighted by atomic mass is 9.76. The quantitative estimate of drug-likeness (QED) is 0.744. The smallest absolute Gasteiger partial charge is 0.307 e. The molecular weight excluding hydrogens is 360 g/mol. The molecule has 3 atom stereocenters. The molecule has 27 heavy (non-hydrogen) atoms. The van der Waals surface area contributed by atoms with Crippen LogP contribution >= 0.6 is 11.3 Å². The topological polar surface area (TPSA) is 90.2 Å². The molecular formula is C21H26N2O3S. The molecule has 1 aromatic heterocycles. The van der Waals surface area contributed by atoms with Gasteiger partial charge < -0.3 is 10.4 Å². The van der Waals surface area contributed by atoms with E-state index in [1.165, 1.54) is 16.2 Å². The first-order valence-corrected chi connectivity index (χ1v) is 10.4. The molecule has 0 bridgehead atoms. The number of hydrogen-bond donors (Lipinski definition) is 2. The van der Waals surface area contributed by atoms with Gasteiger partial charge in [0.25, 0.3) is 0 Å². The van der Waals surface area contributed by atoms with Gasteiger partial charge in [-0.1, -0.05) is 24.5 Å². The van der Waals surface area contributed by atoms with Crippen molar-refractivity contribution in [3.05, 3.63) is 27.2 Å². The van der Waals surface area contributed by atoms with Gasteiger partial charge in [-0.25, -0.2) is 0 Å². The van der Waals surface area contributed by atoms with Gasteiger partial charge in [-0.3, -0.25) is 9.59 Å². The van der Waals surface area contributed by atoms with E-state index in [1.54, 1.807) is 0 Å². The minimum absolute atomic E-state index is 0.281. The number of hydrogen-bond acceptors (Lipinski definition) is 4. The molecule has 1 heterocycles. The van der Waals surface area contributed by atoms with E-state index in [-0.39, 0.29) is 5.91 Å². The molecule has 2 N–H and O–H groups in total. The lowest BCUT2D eigenvalue weighted by Gasteiger charge is -2.29. The molecule has 0 aliphatic heterocycles. The van der Waals surface area contributed by atoms with E-state index in [4.69, 9.17) is 0 Å². The number of carboxylic acids is 1. The summed E-state index contributed by atoms with van der Waals surface area (Å²) in [6.45, 7) is 6.08. The number of nitrogens with one attached hydrogen (secondary N) is 1. The van der Waals surface area contributed by atoms with Crippen LogP contribution in [0, 0.1) is 29.1 Å².